The van der Waals surface area contributed by atoms with Crippen molar-refractivity contribution < 1.29 is 23.9 Å². The molecule has 0 bridgehead atoms. The van der Waals surface area contributed by atoms with Crippen molar-refractivity contribution in [1.29, 1.82) is 0 Å². The number of unbranched alkanes of at least 4 members (excludes halogenated alkanes) is 1. The zero-order valence-electron chi connectivity index (χ0n) is 21.3. The van der Waals surface area contributed by atoms with Gasteiger partial charge in [0.15, 0.2) is 0 Å². The van der Waals surface area contributed by atoms with Crippen LogP contribution in [0.4, 0.5) is 5.69 Å². The fraction of sp³-hybridized carbons (Fsp3) is 0.615. The molecule has 0 radical (unpaired) electrons. The van der Waals surface area contributed by atoms with Crippen LogP contribution >= 0.6 is 0 Å². The highest BCUT2D eigenvalue weighted by Crippen LogP contribution is 2.34. The maximum atomic E-state index is 13.3. The second-order valence-corrected chi connectivity index (χ2v) is 9.95. The first-order valence-electron chi connectivity index (χ1n) is 12.5. The molecule has 0 saturated carbocycles. The van der Waals surface area contributed by atoms with Crippen LogP contribution in [0.1, 0.15) is 70.2 Å². The molecule has 1 aromatic rings. The number of ether oxygens (including phenoxy) is 1. The first-order valence-corrected chi connectivity index (χ1v) is 12.5. The fourth-order valence-electron chi connectivity index (χ4n) is 4.98. The number of hydrogen-bond acceptors (Lipinski definition) is 6. The minimum Gasteiger partial charge on any atom is -0.466 e. The Bertz CT molecular complexity index is 922. The predicted molar refractivity (Wildman–Crippen MR) is 133 cm³/mol. The van der Waals surface area contributed by atoms with Gasteiger partial charge in [0.25, 0.3) is 5.91 Å². The number of nitrogens with zero attached hydrogens (tertiary/aromatic N) is 2. The van der Waals surface area contributed by atoms with Gasteiger partial charge in [-0.25, -0.2) is 0 Å². The van der Waals surface area contributed by atoms with E-state index in [2.05, 4.69) is 24.5 Å². The molecule has 2 aliphatic rings. The minimum absolute atomic E-state index is 0.0507. The summed E-state index contributed by atoms with van der Waals surface area (Å²) in [5, 5.41) is 6.34. The van der Waals surface area contributed by atoms with Crippen LogP contribution in [0.15, 0.2) is 24.3 Å². The van der Waals surface area contributed by atoms with Crippen LogP contribution in [0.3, 0.4) is 0 Å². The molecule has 1 atom stereocenters. The van der Waals surface area contributed by atoms with E-state index in [-0.39, 0.29) is 29.7 Å². The van der Waals surface area contributed by atoms with E-state index >= 15 is 0 Å². The lowest BCUT2D eigenvalue weighted by atomic mass is 9.94. The van der Waals surface area contributed by atoms with Crippen LogP contribution in [0, 0.1) is 5.92 Å². The molecule has 1 spiro atoms. The molecule has 2 N–H and O–H groups in total. The maximum Gasteiger partial charge on any atom is 0.302 e. The topological polar surface area (TPSA) is 108 Å². The highest BCUT2D eigenvalue weighted by Gasteiger charge is 2.51. The Morgan fingerprint density at radius 1 is 1.11 bits per heavy atom. The van der Waals surface area contributed by atoms with Crippen LogP contribution in [0.5, 0.6) is 0 Å². The van der Waals surface area contributed by atoms with E-state index in [9.17, 15) is 19.2 Å². The number of amides is 3. The largest absolute Gasteiger partial charge is 0.466 e. The Labute approximate surface area is 207 Å². The molecule has 35 heavy (non-hydrogen) atoms. The van der Waals surface area contributed by atoms with Gasteiger partial charge >= 0.3 is 5.97 Å². The van der Waals surface area contributed by atoms with Crippen molar-refractivity contribution in [1.82, 2.24) is 15.1 Å². The molecule has 3 amide bonds. The molecule has 3 rings (SSSR count). The van der Waals surface area contributed by atoms with E-state index in [1.165, 1.54) is 13.8 Å². The summed E-state index contributed by atoms with van der Waals surface area (Å²) in [5.74, 6) is 0.0131. The summed E-state index contributed by atoms with van der Waals surface area (Å²) >= 11 is 0. The van der Waals surface area contributed by atoms with Crippen molar-refractivity contribution in [2.45, 2.75) is 71.5 Å². The number of benzene rings is 1. The molecule has 2 heterocycles. The highest BCUT2D eigenvalue weighted by atomic mass is 16.5. The van der Waals surface area contributed by atoms with Gasteiger partial charge < -0.3 is 19.9 Å². The number of likely N-dealkylation sites (tertiary alicyclic amines) is 1. The molecule has 0 aliphatic carbocycles. The number of hydrogen-bond donors (Lipinski definition) is 2. The van der Waals surface area contributed by atoms with Crippen LogP contribution in [-0.2, 0) is 19.1 Å². The Kier molecular flexibility index (Phi) is 8.88. The number of piperidine rings is 1. The van der Waals surface area contributed by atoms with Gasteiger partial charge in [0.05, 0.1) is 18.3 Å². The van der Waals surface area contributed by atoms with Gasteiger partial charge in [-0.2, -0.15) is 0 Å². The van der Waals surface area contributed by atoms with Crippen molar-refractivity contribution in [2.75, 3.05) is 31.6 Å². The number of rotatable bonds is 9. The summed E-state index contributed by atoms with van der Waals surface area (Å²) in [4.78, 5) is 52.4. The lowest BCUT2D eigenvalue weighted by Gasteiger charge is -2.44. The van der Waals surface area contributed by atoms with Gasteiger partial charge in [0.1, 0.15) is 0 Å². The number of nitrogens with one attached hydrogen (secondary N) is 2. The van der Waals surface area contributed by atoms with Crippen LogP contribution < -0.4 is 10.6 Å². The number of anilines is 1. The molecule has 192 valence electrons. The Hall–Kier alpha value is -2.94. The fourth-order valence-corrected chi connectivity index (χ4v) is 4.98. The van der Waals surface area contributed by atoms with Crippen LogP contribution in [0.25, 0.3) is 0 Å². The Balaban J connectivity index is 1.64. The van der Waals surface area contributed by atoms with Crippen LogP contribution in [-0.4, -0.2) is 71.4 Å². The van der Waals surface area contributed by atoms with Crippen molar-refractivity contribution >= 4 is 29.4 Å². The third kappa shape index (κ3) is 6.81. The van der Waals surface area contributed by atoms with Gasteiger partial charge in [-0.3, -0.25) is 24.5 Å². The summed E-state index contributed by atoms with van der Waals surface area (Å²) in [5.41, 5.74) is 0.774. The normalized spacial score (nSPS) is 19.3. The number of esters is 1. The van der Waals surface area contributed by atoms with Crippen molar-refractivity contribution in [2.24, 2.45) is 5.92 Å². The second kappa shape index (κ2) is 11.7. The number of carbonyl (C=O) groups is 4. The van der Waals surface area contributed by atoms with Gasteiger partial charge in [-0.1, -0.05) is 13.8 Å². The quantitative estimate of drug-likeness (QED) is 0.411. The van der Waals surface area contributed by atoms with Crippen molar-refractivity contribution in [3.63, 3.8) is 0 Å². The Morgan fingerprint density at radius 3 is 2.34 bits per heavy atom. The molecule has 1 aromatic carbocycles. The number of carbonyl (C=O) groups excluding carboxylic acids is 4. The van der Waals surface area contributed by atoms with E-state index in [1.54, 1.807) is 24.3 Å². The van der Waals surface area contributed by atoms with Gasteiger partial charge in [0, 0.05) is 57.6 Å². The maximum absolute atomic E-state index is 13.3. The molecule has 2 aliphatic heterocycles. The van der Waals surface area contributed by atoms with E-state index in [0.717, 1.165) is 12.8 Å². The molecule has 9 heteroatoms. The third-order valence-electron chi connectivity index (χ3n) is 6.64. The first-order chi connectivity index (χ1) is 16.6. The summed E-state index contributed by atoms with van der Waals surface area (Å²) in [6.07, 6.45) is 3.54. The highest BCUT2D eigenvalue weighted by molar-refractivity contribution is 5.95. The predicted octanol–water partition coefficient (Wildman–Crippen LogP) is 2.77. The molecule has 2 fully saturated rings. The summed E-state index contributed by atoms with van der Waals surface area (Å²) < 4.78 is 5.03. The summed E-state index contributed by atoms with van der Waals surface area (Å²) in [6, 6.07) is 6.69. The molecule has 1 unspecified atom stereocenters. The summed E-state index contributed by atoms with van der Waals surface area (Å²) in [6.45, 7) is 9.11. The average Bonchev–Trinajstić information content (AvgIpc) is 3.03. The monoisotopic (exact) mass is 486 g/mol. The van der Waals surface area contributed by atoms with E-state index in [4.69, 9.17) is 4.74 Å². The van der Waals surface area contributed by atoms with E-state index in [0.29, 0.717) is 62.7 Å². The van der Waals surface area contributed by atoms with Gasteiger partial charge in [-0.15, -0.1) is 0 Å². The average molecular weight is 487 g/mol. The zero-order valence-corrected chi connectivity index (χ0v) is 21.3. The SMILES string of the molecule is CC(=O)Nc1ccc(C(=O)N2CCC3(CC2)NC(CC(C)C)C(=O)N3CCCCOC(C)=O)cc1. The summed E-state index contributed by atoms with van der Waals surface area (Å²) in [7, 11) is 0. The first kappa shape index (κ1) is 26.7. The van der Waals surface area contributed by atoms with Crippen molar-refractivity contribution in [3.05, 3.63) is 29.8 Å². The zero-order chi connectivity index (χ0) is 25.6. The molecule has 2 saturated heterocycles. The second-order valence-electron chi connectivity index (χ2n) is 9.95. The minimum atomic E-state index is -0.454. The van der Waals surface area contributed by atoms with E-state index in [1.807, 2.05) is 9.80 Å². The molecule has 0 aromatic heterocycles. The van der Waals surface area contributed by atoms with Crippen molar-refractivity contribution in [3.8, 4) is 0 Å². The standard InChI is InChI=1S/C26H38N4O5/c1-18(2)17-23-25(34)30(13-5-6-16-35-20(4)32)26(28-23)11-14-29(15-12-26)24(33)21-7-9-22(10-8-21)27-19(3)31/h7-10,18,23,28H,5-6,11-17H2,1-4H3,(H,27,31). The smallest absolute Gasteiger partial charge is 0.302 e. The molecule has 9 nitrogen and oxygen atoms in total. The lowest BCUT2D eigenvalue weighted by molar-refractivity contribution is -0.141. The third-order valence-corrected chi connectivity index (χ3v) is 6.64. The van der Waals surface area contributed by atoms with Crippen LogP contribution in [0.2, 0.25) is 0 Å². The Morgan fingerprint density at radius 2 is 1.77 bits per heavy atom. The van der Waals surface area contributed by atoms with Gasteiger partial charge in [0.2, 0.25) is 11.8 Å². The van der Waals surface area contributed by atoms with Gasteiger partial charge in [-0.05, 0) is 49.4 Å². The lowest BCUT2D eigenvalue weighted by Crippen LogP contribution is -2.59. The van der Waals surface area contributed by atoms with E-state index < -0.39 is 5.66 Å². The molecular weight excluding hydrogens is 448 g/mol. The molecular formula is C26H38N4O5.